The van der Waals surface area contributed by atoms with Crippen LogP contribution >= 0.6 is 0 Å². The molecule has 2 amide bonds. The van der Waals surface area contributed by atoms with Crippen LogP contribution in [-0.2, 0) is 29.1 Å². The minimum absolute atomic E-state index is 0.289. The zero-order chi connectivity index (χ0) is 19.0. The first-order chi connectivity index (χ1) is 11.7. The van der Waals surface area contributed by atoms with Gasteiger partial charge in [0.1, 0.15) is 16.8 Å². The standard InChI is InChI=1S/C14H18FN3O6S/c1-9(14(21)24-8-13(20)17-7-12(19)16-2)18-25(22,23)11-6-4-3-5-10(11)15/h3-6,9,18H,7-8H2,1-2H3,(H,16,19)(H,17,20)/t9-/m0/s1. The first kappa shape index (κ1) is 20.5. The summed E-state index contributed by atoms with van der Waals surface area (Å²) in [4.78, 5) is 33.4. The van der Waals surface area contributed by atoms with Gasteiger partial charge in [-0.05, 0) is 19.1 Å². The van der Waals surface area contributed by atoms with Crippen LogP contribution in [0.3, 0.4) is 0 Å². The van der Waals surface area contributed by atoms with Crippen molar-refractivity contribution < 1.29 is 31.9 Å². The van der Waals surface area contributed by atoms with Gasteiger partial charge in [-0.3, -0.25) is 14.4 Å². The Bertz CT molecular complexity index is 753. The maximum atomic E-state index is 13.5. The van der Waals surface area contributed by atoms with Crippen LogP contribution in [0.25, 0.3) is 0 Å². The summed E-state index contributed by atoms with van der Waals surface area (Å²) in [6.45, 7) is 0.201. The van der Waals surface area contributed by atoms with Gasteiger partial charge in [0.2, 0.25) is 15.9 Å². The number of ether oxygens (including phenoxy) is 1. The minimum Gasteiger partial charge on any atom is -0.454 e. The van der Waals surface area contributed by atoms with Crippen molar-refractivity contribution in [2.75, 3.05) is 20.2 Å². The Morgan fingerprint density at radius 3 is 2.44 bits per heavy atom. The highest BCUT2D eigenvalue weighted by molar-refractivity contribution is 7.89. The fraction of sp³-hybridized carbons (Fsp3) is 0.357. The van der Waals surface area contributed by atoms with Gasteiger partial charge in [-0.2, -0.15) is 4.72 Å². The number of rotatable bonds is 8. The van der Waals surface area contributed by atoms with E-state index in [1.165, 1.54) is 26.1 Å². The van der Waals surface area contributed by atoms with Gasteiger partial charge in [0, 0.05) is 7.05 Å². The monoisotopic (exact) mass is 375 g/mol. The lowest BCUT2D eigenvalue weighted by molar-refractivity contribution is -0.149. The molecule has 1 rings (SSSR count). The average molecular weight is 375 g/mol. The molecule has 0 radical (unpaired) electrons. The number of sulfonamides is 1. The lowest BCUT2D eigenvalue weighted by atomic mass is 10.3. The number of hydrogen-bond acceptors (Lipinski definition) is 6. The van der Waals surface area contributed by atoms with Crippen molar-refractivity contribution >= 4 is 27.8 Å². The molecule has 11 heteroatoms. The van der Waals surface area contributed by atoms with Gasteiger partial charge in [-0.1, -0.05) is 12.1 Å². The van der Waals surface area contributed by atoms with E-state index in [1.54, 1.807) is 0 Å². The van der Waals surface area contributed by atoms with Crippen LogP contribution in [-0.4, -0.2) is 52.4 Å². The summed E-state index contributed by atoms with van der Waals surface area (Å²) in [6.07, 6.45) is 0. The molecular weight excluding hydrogens is 357 g/mol. The SMILES string of the molecule is CNC(=O)CNC(=O)COC(=O)[C@H](C)NS(=O)(=O)c1ccccc1F. The van der Waals surface area contributed by atoms with E-state index in [2.05, 4.69) is 15.4 Å². The van der Waals surface area contributed by atoms with Gasteiger partial charge in [0.25, 0.3) is 5.91 Å². The summed E-state index contributed by atoms with van der Waals surface area (Å²) in [7, 11) is -2.89. The van der Waals surface area contributed by atoms with Crippen molar-refractivity contribution in [2.24, 2.45) is 0 Å². The normalized spacial score (nSPS) is 12.1. The molecule has 0 aromatic heterocycles. The predicted molar refractivity (Wildman–Crippen MR) is 84.2 cm³/mol. The molecule has 0 aliphatic carbocycles. The van der Waals surface area contributed by atoms with Crippen molar-refractivity contribution in [3.63, 3.8) is 0 Å². The summed E-state index contributed by atoms with van der Waals surface area (Å²) in [6, 6.07) is 3.31. The number of nitrogens with one attached hydrogen (secondary N) is 3. The molecule has 1 aromatic carbocycles. The Morgan fingerprint density at radius 1 is 1.20 bits per heavy atom. The molecular formula is C14H18FN3O6S. The van der Waals surface area contributed by atoms with Crippen LogP contribution in [0, 0.1) is 5.82 Å². The Kier molecular flexibility index (Phi) is 7.45. The maximum Gasteiger partial charge on any atom is 0.324 e. The zero-order valence-corrected chi connectivity index (χ0v) is 14.4. The number of benzene rings is 1. The summed E-state index contributed by atoms with van der Waals surface area (Å²) in [5, 5.41) is 4.47. The topological polar surface area (TPSA) is 131 Å². The van der Waals surface area contributed by atoms with E-state index in [-0.39, 0.29) is 6.54 Å². The van der Waals surface area contributed by atoms with Crippen molar-refractivity contribution in [1.29, 1.82) is 0 Å². The van der Waals surface area contributed by atoms with Crippen LogP contribution < -0.4 is 15.4 Å². The first-order valence-corrected chi connectivity index (χ1v) is 8.56. The Morgan fingerprint density at radius 2 is 1.84 bits per heavy atom. The number of likely N-dealkylation sites (N-methyl/N-ethyl adjacent to an activating group) is 1. The molecule has 9 nitrogen and oxygen atoms in total. The van der Waals surface area contributed by atoms with Crippen molar-refractivity contribution in [2.45, 2.75) is 17.9 Å². The molecule has 138 valence electrons. The number of halogens is 1. The number of carbonyl (C=O) groups is 3. The van der Waals surface area contributed by atoms with Gasteiger partial charge < -0.3 is 15.4 Å². The number of amides is 2. The lowest BCUT2D eigenvalue weighted by Gasteiger charge is -2.14. The second-order valence-corrected chi connectivity index (χ2v) is 6.51. The molecule has 0 spiro atoms. The van der Waals surface area contributed by atoms with Gasteiger partial charge >= 0.3 is 5.97 Å². The maximum absolute atomic E-state index is 13.5. The van der Waals surface area contributed by atoms with E-state index in [0.717, 1.165) is 12.1 Å². The second kappa shape index (κ2) is 9.08. The van der Waals surface area contributed by atoms with Gasteiger partial charge in [0.05, 0.1) is 6.54 Å². The lowest BCUT2D eigenvalue weighted by Crippen LogP contribution is -2.42. The van der Waals surface area contributed by atoms with Crippen LogP contribution in [0.5, 0.6) is 0 Å². The van der Waals surface area contributed by atoms with Crippen molar-refractivity contribution in [3.05, 3.63) is 30.1 Å². The highest BCUT2D eigenvalue weighted by Crippen LogP contribution is 2.13. The highest BCUT2D eigenvalue weighted by Gasteiger charge is 2.25. The molecule has 3 N–H and O–H groups in total. The second-order valence-electron chi connectivity index (χ2n) is 4.83. The zero-order valence-electron chi connectivity index (χ0n) is 13.5. The number of esters is 1. The van der Waals surface area contributed by atoms with Crippen LogP contribution in [0.1, 0.15) is 6.92 Å². The van der Waals surface area contributed by atoms with Gasteiger partial charge in [-0.15, -0.1) is 0 Å². The van der Waals surface area contributed by atoms with E-state index >= 15 is 0 Å². The fourth-order valence-electron chi connectivity index (χ4n) is 1.59. The summed E-state index contributed by atoms with van der Waals surface area (Å²) in [5.41, 5.74) is 0. The highest BCUT2D eigenvalue weighted by atomic mass is 32.2. The molecule has 0 unspecified atom stereocenters. The third-order valence-corrected chi connectivity index (χ3v) is 4.46. The molecule has 25 heavy (non-hydrogen) atoms. The Balaban J connectivity index is 2.55. The summed E-state index contributed by atoms with van der Waals surface area (Å²) >= 11 is 0. The van der Waals surface area contributed by atoms with Gasteiger partial charge in [-0.25, -0.2) is 12.8 Å². The van der Waals surface area contributed by atoms with E-state index < -0.39 is 51.2 Å². The first-order valence-electron chi connectivity index (χ1n) is 7.08. The van der Waals surface area contributed by atoms with E-state index in [0.29, 0.717) is 0 Å². The van der Waals surface area contributed by atoms with E-state index in [9.17, 15) is 27.2 Å². The predicted octanol–water partition coefficient (Wildman–Crippen LogP) is -1.10. The van der Waals surface area contributed by atoms with Crippen LogP contribution in [0.4, 0.5) is 4.39 Å². The van der Waals surface area contributed by atoms with E-state index in [4.69, 9.17) is 0 Å². The molecule has 0 fully saturated rings. The molecule has 0 aliphatic rings. The third kappa shape index (κ3) is 6.47. The molecule has 0 bridgehead atoms. The van der Waals surface area contributed by atoms with Crippen LogP contribution in [0.15, 0.2) is 29.2 Å². The molecule has 1 atom stereocenters. The van der Waals surface area contributed by atoms with Gasteiger partial charge in [0.15, 0.2) is 6.61 Å². The average Bonchev–Trinajstić information content (AvgIpc) is 2.57. The van der Waals surface area contributed by atoms with Crippen LogP contribution in [0.2, 0.25) is 0 Å². The number of hydrogen-bond donors (Lipinski definition) is 3. The van der Waals surface area contributed by atoms with Crippen molar-refractivity contribution in [3.8, 4) is 0 Å². The Labute approximate surface area is 144 Å². The summed E-state index contributed by atoms with van der Waals surface area (Å²) in [5.74, 6) is -3.18. The molecule has 0 saturated heterocycles. The third-order valence-electron chi connectivity index (χ3n) is 2.88. The molecule has 0 heterocycles. The largest absolute Gasteiger partial charge is 0.454 e. The van der Waals surface area contributed by atoms with Crippen molar-refractivity contribution in [1.82, 2.24) is 15.4 Å². The summed E-state index contributed by atoms with van der Waals surface area (Å²) < 4.78 is 44.2. The fourth-order valence-corrected chi connectivity index (χ4v) is 2.86. The van der Waals surface area contributed by atoms with E-state index in [1.807, 2.05) is 4.72 Å². The molecule has 1 aromatic rings. The smallest absolute Gasteiger partial charge is 0.324 e. The quantitative estimate of drug-likeness (QED) is 0.494. The minimum atomic E-state index is -4.28. The molecule has 0 saturated carbocycles. The molecule has 0 aliphatic heterocycles. The number of carbonyl (C=O) groups excluding carboxylic acids is 3. The Hall–Kier alpha value is -2.53.